The zero-order valence-electron chi connectivity index (χ0n) is 11.3. The minimum atomic E-state index is -0.885. The van der Waals surface area contributed by atoms with E-state index in [9.17, 15) is 14.7 Å². The van der Waals surface area contributed by atoms with Gasteiger partial charge >= 0.3 is 5.97 Å². The molecule has 3 rings (SSSR count). The van der Waals surface area contributed by atoms with Crippen LogP contribution in [0.25, 0.3) is 0 Å². The predicted octanol–water partition coefficient (Wildman–Crippen LogP) is 3.54. The molecule has 0 aromatic heterocycles. The van der Waals surface area contributed by atoms with Gasteiger partial charge in [-0.15, -0.1) is 0 Å². The molecule has 1 aliphatic heterocycles. The number of hydrogen-bond acceptors (Lipinski definition) is 2. The number of rotatable bonds is 2. The molecule has 1 aliphatic carbocycles. The van der Waals surface area contributed by atoms with Crippen molar-refractivity contribution in [2.24, 2.45) is 11.8 Å². The van der Waals surface area contributed by atoms with Crippen LogP contribution < -0.4 is 0 Å². The second-order valence-electron chi connectivity index (χ2n) is 5.72. The number of fused-ring (bicyclic) bond motifs is 1. The van der Waals surface area contributed by atoms with Crippen LogP contribution in [0, 0.1) is 11.8 Å². The number of nitrogens with zero attached hydrogens (tertiary/aromatic N) is 1. The fraction of sp³-hybridized carbons (Fsp3) is 0.467. The normalized spacial score (nSPS) is 27.7. The molecule has 112 valence electrons. The van der Waals surface area contributed by atoms with Crippen LogP contribution in [-0.4, -0.2) is 34.5 Å². The lowest BCUT2D eigenvalue weighted by Crippen LogP contribution is -2.43. The Morgan fingerprint density at radius 3 is 2.71 bits per heavy atom. The fourth-order valence-corrected chi connectivity index (χ4v) is 4.42. The highest BCUT2D eigenvalue weighted by atomic mass is 79.9. The Bertz CT molecular complexity index is 605. The third-order valence-electron chi connectivity index (χ3n) is 4.56. The summed E-state index contributed by atoms with van der Waals surface area (Å²) in [7, 11) is 0. The van der Waals surface area contributed by atoms with Gasteiger partial charge in [0, 0.05) is 15.5 Å². The highest BCUT2D eigenvalue weighted by Gasteiger charge is 2.49. The molecule has 3 unspecified atom stereocenters. The van der Waals surface area contributed by atoms with Crippen LogP contribution in [0.15, 0.2) is 27.1 Å². The molecule has 0 spiro atoms. The van der Waals surface area contributed by atoms with Gasteiger partial charge in [-0.3, -0.25) is 4.79 Å². The van der Waals surface area contributed by atoms with Crippen LogP contribution in [0.1, 0.15) is 29.6 Å². The third-order valence-corrected chi connectivity index (χ3v) is 5.75. The number of carboxylic acids is 1. The summed E-state index contributed by atoms with van der Waals surface area (Å²) >= 11 is 6.74. The van der Waals surface area contributed by atoms with E-state index in [4.69, 9.17) is 0 Å². The summed E-state index contributed by atoms with van der Waals surface area (Å²) in [6, 6.07) is 4.69. The van der Waals surface area contributed by atoms with Crippen LogP contribution in [-0.2, 0) is 4.79 Å². The number of amides is 1. The SMILES string of the molecule is O=C(O)C1C2CCCC2CN1C(=O)c1cc(Br)ccc1Br. The first-order chi connectivity index (χ1) is 9.99. The molecule has 1 amide bonds. The molecule has 1 saturated heterocycles. The molecule has 1 saturated carbocycles. The molecule has 1 N–H and O–H groups in total. The topological polar surface area (TPSA) is 57.6 Å². The van der Waals surface area contributed by atoms with Gasteiger partial charge in [-0.25, -0.2) is 4.79 Å². The zero-order chi connectivity index (χ0) is 15.1. The first kappa shape index (κ1) is 15.0. The van der Waals surface area contributed by atoms with Crippen LogP contribution in [0.4, 0.5) is 0 Å². The molecular weight excluding hydrogens is 402 g/mol. The number of likely N-dealkylation sites (tertiary alicyclic amines) is 1. The molecule has 1 aromatic carbocycles. The Hall–Kier alpha value is -0.880. The van der Waals surface area contributed by atoms with Gasteiger partial charge in [-0.1, -0.05) is 22.4 Å². The maximum atomic E-state index is 12.8. The maximum Gasteiger partial charge on any atom is 0.326 e. The van der Waals surface area contributed by atoms with Gasteiger partial charge < -0.3 is 10.0 Å². The highest BCUT2D eigenvalue weighted by molar-refractivity contribution is 9.11. The lowest BCUT2D eigenvalue weighted by atomic mass is 9.94. The summed E-state index contributed by atoms with van der Waals surface area (Å²) in [6.45, 7) is 0.555. The number of carbonyl (C=O) groups is 2. The molecule has 0 radical (unpaired) electrons. The lowest BCUT2D eigenvalue weighted by molar-refractivity contribution is -0.142. The van der Waals surface area contributed by atoms with Crippen LogP contribution in [0.2, 0.25) is 0 Å². The van der Waals surface area contributed by atoms with Crippen molar-refractivity contribution in [3.8, 4) is 0 Å². The smallest absolute Gasteiger partial charge is 0.326 e. The van der Waals surface area contributed by atoms with Crippen molar-refractivity contribution >= 4 is 43.7 Å². The molecule has 2 aliphatic rings. The van der Waals surface area contributed by atoms with Crippen molar-refractivity contribution in [3.63, 3.8) is 0 Å². The Kier molecular flexibility index (Phi) is 4.10. The summed E-state index contributed by atoms with van der Waals surface area (Å²) in [5.74, 6) is -0.646. The van der Waals surface area contributed by atoms with Crippen molar-refractivity contribution in [1.82, 2.24) is 4.90 Å². The molecule has 3 atom stereocenters. The molecule has 6 heteroatoms. The average Bonchev–Trinajstić information content (AvgIpc) is 3.00. The summed E-state index contributed by atoms with van der Waals surface area (Å²) < 4.78 is 1.50. The number of carboxylic acid groups (broad SMARTS) is 1. The first-order valence-electron chi connectivity index (χ1n) is 6.98. The van der Waals surface area contributed by atoms with Crippen LogP contribution >= 0.6 is 31.9 Å². The molecule has 1 heterocycles. The van der Waals surface area contributed by atoms with E-state index in [2.05, 4.69) is 31.9 Å². The Morgan fingerprint density at radius 1 is 1.24 bits per heavy atom. The van der Waals surface area contributed by atoms with Gasteiger partial charge in [0.05, 0.1) is 5.56 Å². The van der Waals surface area contributed by atoms with E-state index in [1.165, 1.54) is 0 Å². The molecule has 0 bridgehead atoms. The van der Waals surface area contributed by atoms with Crippen LogP contribution in [0.5, 0.6) is 0 Å². The quantitative estimate of drug-likeness (QED) is 0.802. The molecule has 21 heavy (non-hydrogen) atoms. The molecule has 1 aromatic rings. The van der Waals surface area contributed by atoms with Gasteiger partial charge in [-0.2, -0.15) is 0 Å². The Labute approximate surface area is 139 Å². The maximum absolute atomic E-state index is 12.8. The van der Waals surface area contributed by atoms with E-state index in [0.717, 1.165) is 23.7 Å². The summed E-state index contributed by atoms with van der Waals surface area (Å²) in [4.78, 5) is 26.0. The van der Waals surface area contributed by atoms with Gasteiger partial charge in [0.25, 0.3) is 5.91 Å². The zero-order valence-corrected chi connectivity index (χ0v) is 14.4. The van der Waals surface area contributed by atoms with E-state index >= 15 is 0 Å². The second kappa shape index (κ2) is 5.72. The Balaban J connectivity index is 1.93. The average molecular weight is 417 g/mol. The highest BCUT2D eigenvalue weighted by Crippen LogP contribution is 2.43. The van der Waals surface area contributed by atoms with Crippen molar-refractivity contribution in [2.75, 3.05) is 6.54 Å². The molecular formula is C15H15Br2NO3. The van der Waals surface area contributed by atoms with Crippen molar-refractivity contribution < 1.29 is 14.7 Å². The number of aliphatic carboxylic acids is 1. The number of carbonyl (C=O) groups excluding carboxylic acids is 1. The standard InChI is InChI=1S/C15H15Br2NO3/c16-9-4-5-12(17)11(6-9)14(19)18-7-8-2-1-3-10(8)13(18)15(20)21/h4-6,8,10,13H,1-3,7H2,(H,20,21). The van der Waals surface area contributed by atoms with Crippen molar-refractivity contribution in [1.29, 1.82) is 0 Å². The van der Waals surface area contributed by atoms with Crippen LogP contribution in [0.3, 0.4) is 0 Å². The predicted molar refractivity (Wildman–Crippen MR) is 85.1 cm³/mol. The monoisotopic (exact) mass is 415 g/mol. The number of benzene rings is 1. The Morgan fingerprint density at radius 2 is 2.00 bits per heavy atom. The number of halogens is 2. The van der Waals surface area contributed by atoms with Gasteiger partial charge in [0.15, 0.2) is 0 Å². The van der Waals surface area contributed by atoms with E-state index in [1.54, 1.807) is 17.0 Å². The molecule has 4 nitrogen and oxygen atoms in total. The molecule has 2 fully saturated rings. The van der Waals surface area contributed by atoms with Gasteiger partial charge in [0.1, 0.15) is 6.04 Å². The van der Waals surface area contributed by atoms with Gasteiger partial charge in [0.2, 0.25) is 0 Å². The second-order valence-corrected chi connectivity index (χ2v) is 7.49. The fourth-order valence-electron chi connectivity index (χ4n) is 3.65. The summed E-state index contributed by atoms with van der Waals surface area (Å²) in [5, 5.41) is 9.54. The minimum absolute atomic E-state index is 0.109. The summed E-state index contributed by atoms with van der Waals surface area (Å²) in [6.07, 6.45) is 3.00. The van der Waals surface area contributed by atoms with Crippen molar-refractivity contribution in [3.05, 3.63) is 32.7 Å². The van der Waals surface area contributed by atoms with E-state index in [-0.39, 0.29) is 11.8 Å². The first-order valence-corrected chi connectivity index (χ1v) is 8.56. The van der Waals surface area contributed by atoms with Crippen molar-refractivity contribution in [2.45, 2.75) is 25.3 Å². The van der Waals surface area contributed by atoms with E-state index in [1.807, 2.05) is 6.07 Å². The number of hydrogen-bond donors (Lipinski definition) is 1. The van der Waals surface area contributed by atoms with E-state index in [0.29, 0.717) is 22.5 Å². The van der Waals surface area contributed by atoms with Gasteiger partial charge in [-0.05, 0) is 58.8 Å². The lowest BCUT2D eigenvalue weighted by Gasteiger charge is -2.25. The largest absolute Gasteiger partial charge is 0.480 e. The van der Waals surface area contributed by atoms with E-state index < -0.39 is 12.0 Å². The third kappa shape index (κ3) is 2.63. The summed E-state index contributed by atoms with van der Waals surface area (Å²) in [5.41, 5.74) is 0.510. The minimum Gasteiger partial charge on any atom is -0.480 e.